The number of fused-ring (bicyclic) bond motifs is 1. The summed E-state index contributed by atoms with van der Waals surface area (Å²) >= 11 is 1.27. The fraction of sp³-hybridized carbons (Fsp3) is 0.111. The van der Waals surface area contributed by atoms with E-state index in [2.05, 4.69) is 15.1 Å². The van der Waals surface area contributed by atoms with Crippen LogP contribution in [0.4, 0.5) is 32.0 Å². The lowest BCUT2D eigenvalue weighted by atomic mass is 10.2. The molecule has 160 valence electrons. The lowest BCUT2D eigenvalue weighted by Gasteiger charge is -2.13. The molecule has 4 aromatic heterocycles. The number of amides is 1. The number of nitrogens with zero attached hydrogens (tertiary/aromatic N) is 4. The number of alkyl halides is 6. The molecule has 0 aliphatic rings. The summed E-state index contributed by atoms with van der Waals surface area (Å²) in [5.74, 6) is -1.27. The number of anilines is 1. The highest BCUT2D eigenvalue weighted by atomic mass is 32.1. The highest BCUT2D eigenvalue weighted by Gasteiger charge is 2.41. The molecule has 4 aromatic rings. The number of pyridine rings is 2. The van der Waals surface area contributed by atoms with Crippen LogP contribution >= 0.6 is 11.3 Å². The molecule has 0 fully saturated rings. The number of hydrogen-bond acceptors (Lipinski definition) is 5. The van der Waals surface area contributed by atoms with Gasteiger partial charge in [-0.3, -0.25) is 14.8 Å². The van der Waals surface area contributed by atoms with E-state index in [1.54, 1.807) is 11.4 Å². The standard InChI is InChI=1S/C18H9F6N5OS/c19-17(20,21)14-5-9(1-3-26-14)28-16(30)11-6-27-29(15(11)18(22,23)24)12-7-25-8-13-10(12)2-4-31-13/h1-8H,(H,26,28,30). The highest BCUT2D eigenvalue weighted by molar-refractivity contribution is 7.17. The minimum absolute atomic E-state index is 0.00777. The first kappa shape index (κ1) is 20.8. The molecule has 0 aliphatic carbocycles. The third-order valence-electron chi connectivity index (χ3n) is 4.18. The average Bonchev–Trinajstić information content (AvgIpc) is 3.34. The van der Waals surface area contributed by atoms with Crippen LogP contribution in [0.2, 0.25) is 0 Å². The highest BCUT2D eigenvalue weighted by Crippen LogP contribution is 2.36. The monoisotopic (exact) mass is 457 g/mol. The predicted octanol–water partition coefficient (Wildman–Crippen LogP) is 5.17. The minimum atomic E-state index is -4.99. The Balaban J connectivity index is 1.76. The maximum atomic E-state index is 13.9. The third kappa shape index (κ3) is 3.95. The van der Waals surface area contributed by atoms with E-state index < -0.39 is 35.2 Å². The summed E-state index contributed by atoms with van der Waals surface area (Å²) in [6.45, 7) is 0. The molecule has 1 N–H and O–H groups in total. The first-order valence-corrected chi connectivity index (χ1v) is 9.25. The molecule has 1 amide bonds. The molecular weight excluding hydrogens is 448 g/mol. The molecule has 13 heteroatoms. The molecule has 0 atom stereocenters. The van der Waals surface area contributed by atoms with E-state index in [1.165, 1.54) is 23.7 Å². The summed E-state index contributed by atoms with van der Waals surface area (Å²) in [6.07, 6.45) is -5.62. The summed E-state index contributed by atoms with van der Waals surface area (Å²) in [6, 6.07) is 3.14. The molecule has 0 radical (unpaired) electrons. The maximum absolute atomic E-state index is 13.9. The second-order valence-electron chi connectivity index (χ2n) is 6.19. The second kappa shape index (κ2) is 7.34. The second-order valence-corrected chi connectivity index (χ2v) is 7.14. The first-order valence-electron chi connectivity index (χ1n) is 8.37. The summed E-state index contributed by atoms with van der Waals surface area (Å²) in [5, 5.41) is 7.86. The molecule has 31 heavy (non-hydrogen) atoms. The number of carbonyl (C=O) groups is 1. The van der Waals surface area contributed by atoms with Gasteiger partial charge in [-0.25, -0.2) is 4.68 Å². The van der Waals surface area contributed by atoms with Crippen molar-refractivity contribution in [3.05, 3.63) is 65.3 Å². The Morgan fingerprint density at radius 3 is 2.52 bits per heavy atom. The molecule has 0 saturated carbocycles. The van der Waals surface area contributed by atoms with Crippen LogP contribution in [0.5, 0.6) is 0 Å². The number of thiophene rings is 1. The molecule has 4 heterocycles. The molecule has 0 spiro atoms. The van der Waals surface area contributed by atoms with Crippen molar-refractivity contribution in [2.24, 2.45) is 0 Å². The lowest BCUT2D eigenvalue weighted by Crippen LogP contribution is -2.21. The smallest absolute Gasteiger partial charge is 0.322 e. The SMILES string of the molecule is O=C(Nc1ccnc(C(F)(F)F)c1)c1cnn(-c2cncc3sccc23)c1C(F)(F)F. The van der Waals surface area contributed by atoms with Crippen molar-refractivity contribution in [3.63, 3.8) is 0 Å². The van der Waals surface area contributed by atoms with Crippen LogP contribution in [0, 0.1) is 0 Å². The lowest BCUT2D eigenvalue weighted by molar-refractivity contribution is -0.143. The van der Waals surface area contributed by atoms with E-state index in [1.807, 2.05) is 5.32 Å². The minimum Gasteiger partial charge on any atom is -0.322 e. The first-order chi connectivity index (χ1) is 14.6. The van der Waals surface area contributed by atoms with Crippen molar-refractivity contribution in [3.8, 4) is 5.69 Å². The number of carbonyl (C=O) groups excluding carboxylic acids is 1. The van der Waals surface area contributed by atoms with E-state index in [0.29, 0.717) is 27.0 Å². The zero-order chi connectivity index (χ0) is 22.4. The van der Waals surface area contributed by atoms with Crippen LogP contribution in [0.25, 0.3) is 15.8 Å². The number of hydrogen-bond donors (Lipinski definition) is 1. The number of halogens is 6. The fourth-order valence-corrected chi connectivity index (χ4v) is 3.65. The molecule has 0 bridgehead atoms. The van der Waals surface area contributed by atoms with Gasteiger partial charge in [-0.1, -0.05) is 0 Å². The average molecular weight is 457 g/mol. The van der Waals surface area contributed by atoms with Crippen molar-refractivity contribution in [2.45, 2.75) is 12.4 Å². The Hall–Kier alpha value is -3.48. The summed E-state index contributed by atoms with van der Waals surface area (Å²) in [5.41, 5.74) is -3.89. The van der Waals surface area contributed by atoms with Gasteiger partial charge >= 0.3 is 12.4 Å². The number of aromatic nitrogens is 4. The molecule has 6 nitrogen and oxygen atoms in total. The van der Waals surface area contributed by atoms with Crippen molar-refractivity contribution in [2.75, 3.05) is 5.32 Å². The zero-order valence-corrected chi connectivity index (χ0v) is 15.8. The number of nitrogens with one attached hydrogen (secondary N) is 1. The van der Waals surface area contributed by atoms with Crippen LogP contribution in [-0.2, 0) is 12.4 Å². The van der Waals surface area contributed by atoms with Crippen molar-refractivity contribution in [1.82, 2.24) is 19.7 Å². The van der Waals surface area contributed by atoms with Crippen LogP contribution in [-0.4, -0.2) is 25.7 Å². The van der Waals surface area contributed by atoms with E-state index in [9.17, 15) is 31.1 Å². The van der Waals surface area contributed by atoms with Crippen LogP contribution < -0.4 is 5.32 Å². The number of rotatable bonds is 3. The van der Waals surface area contributed by atoms with E-state index in [-0.39, 0.29) is 11.4 Å². The molecule has 0 unspecified atom stereocenters. The third-order valence-corrected chi connectivity index (χ3v) is 5.03. The molecular formula is C18H9F6N5OS. The molecule has 0 aromatic carbocycles. The fourth-order valence-electron chi connectivity index (χ4n) is 2.88. The van der Waals surface area contributed by atoms with E-state index >= 15 is 0 Å². The summed E-state index contributed by atoms with van der Waals surface area (Å²) < 4.78 is 81.1. The normalized spacial score (nSPS) is 12.3. The van der Waals surface area contributed by atoms with Gasteiger partial charge in [0.15, 0.2) is 5.69 Å². The van der Waals surface area contributed by atoms with E-state index in [4.69, 9.17) is 0 Å². The van der Waals surface area contributed by atoms with E-state index in [0.717, 1.165) is 12.3 Å². The summed E-state index contributed by atoms with van der Waals surface area (Å²) in [4.78, 5) is 19.6. The Labute approximate surface area is 173 Å². The van der Waals surface area contributed by atoms with Crippen LogP contribution in [0.1, 0.15) is 21.7 Å². The van der Waals surface area contributed by atoms with Gasteiger partial charge in [0.05, 0.1) is 28.3 Å². The summed E-state index contributed by atoms with van der Waals surface area (Å²) in [7, 11) is 0. The Morgan fingerprint density at radius 1 is 1.03 bits per heavy atom. The molecule has 4 rings (SSSR count). The van der Waals surface area contributed by atoms with Gasteiger partial charge in [0, 0.05) is 23.5 Å². The van der Waals surface area contributed by atoms with Gasteiger partial charge in [0.2, 0.25) is 0 Å². The van der Waals surface area contributed by atoms with Gasteiger partial charge in [-0.05, 0) is 23.6 Å². The molecule has 0 aliphatic heterocycles. The van der Waals surface area contributed by atoms with Crippen LogP contribution in [0.15, 0.2) is 48.4 Å². The Morgan fingerprint density at radius 2 is 1.81 bits per heavy atom. The quantitative estimate of drug-likeness (QED) is 0.431. The van der Waals surface area contributed by atoms with Crippen LogP contribution in [0.3, 0.4) is 0 Å². The maximum Gasteiger partial charge on any atom is 0.434 e. The van der Waals surface area contributed by atoms with Crippen molar-refractivity contribution >= 4 is 33.0 Å². The predicted molar refractivity (Wildman–Crippen MR) is 98.9 cm³/mol. The van der Waals surface area contributed by atoms with Crippen molar-refractivity contribution < 1.29 is 31.1 Å². The zero-order valence-electron chi connectivity index (χ0n) is 15.0. The van der Waals surface area contributed by atoms with Gasteiger partial charge in [-0.2, -0.15) is 31.4 Å². The largest absolute Gasteiger partial charge is 0.434 e. The topological polar surface area (TPSA) is 72.7 Å². The Bertz CT molecular complexity index is 1280. The van der Waals surface area contributed by atoms with Crippen molar-refractivity contribution in [1.29, 1.82) is 0 Å². The van der Waals surface area contributed by atoms with Gasteiger partial charge in [0.25, 0.3) is 5.91 Å². The van der Waals surface area contributed by atoms with Gasteiger partial charge < -0.3 is 5.32 Å². The molecule has 0 saturated heterocycles. The van der Waals surface area contributed by atoms with Gasteiger partial charge in [-0.15, -0.1) is 11.3 Å². The van der Waals surface area contributed by atoms with Gasteiger partial charge in [0.1, 0.15) is 5.69 Å². The Kier molecular flexibility index (Phi) is 4.92.